The van der Waals surface area contributed by atoms with Crippen molar-refractivity contribution in [3.8, 4) is 11.1 Å². The van der Waals surface area contributed by atoms with Crippen molar-refractivity contribution in [2.75, 3.05) is 12.4 Å². The number of aryl methyl sites for hydroxylation is 1. The lowest BCUT2D eigenvalue weighted by atomic mass is 10.00. The first-order valence-corrected chi connectivity index (χ1v) is 11.6. The van der Waals surface area contributed by atoms with Crippen molar-refractivity contribution in [3.63, 3.8) is 0 Å². The minimum Gasteiger partial charge on any atom is -0.465 e. The van der Waals surface area contributed by atoms with Crippen LogP contribution in [0.3, 0.4) is 0 Å². The predicted octanol–water partition coefficient (Wildman–Crippen LogP) is 4.77. The number of amides is 3. The van der Waals surface area contributed by atoms with Gasteiger partial charge in [0.25, 0.3) is 11.8 Å². The van der Waals surface area contributed by atoms with Crippen LogP contribution in [0.5, 0.6) is 0 Å². The van der Waals surface area contributed by atoms with Crippen molar-refractivity contribution >= 4 is 40.0 Å². The molecule has 1 unspecified atom stereocenters. The monoisotopic (exact) mass is 476 g/mol. The van der Waals surface area contributed by atoms with E-state index in [4.69, 9.17) is 4.74 Å². The van der Waals surface area contributed by atoms with E-state index in [-0.39, 0.29) is 22.6 Å². The van der Waals surface area contributed by atoms with E-state index in [0.29, 0.717) is 10.6 Å². The third-order valence-corrected chi connectivity index (χ3v) is 6.80. The van der Waals surface area contributed by atoms with Gasteiger partial charge in [-0.2, -0.15) is 0 Å². The molecule has 1 N–H and O–H groups in total. The number of rotatable bonds is 6. The zero-order valence-electron chi connectivity index (χ0n) is 19.2. The van der Waals surface area contributed by atoms with Crippen LogP contribution in [0.2, 0.25) is 0 Å². The first-order valence-electron chi connectivity index (χ1n) is 10.8. The summed E-state index contributed by atoms with van der Waals surface area (Å²) in [4.78, 5) is 54.1. The van der Waals surface area contributed by atoms with Gasteiger partial charge < -0.3 is 10.1 Å². The number of imide groups is 1. The molecule has 1 aromatic heterocycles. The number of nitrogens with zero attached hydrogens (tertiary/aromatic N) is 1. The van der Waals surface area contributed by atoms with Gasteiger partial charge >= 0.3 is 5.97 Å². The summed E-state index contributed by atoms with van der Waals surface area (Å²) in [5.41, 5.74) is 2.29. The molecule has 0 spiro atoms. The van der Waals surface area contributed by atoms with Crippen LogP contribution in [0.25, 0.3) is 11.1 Å². The third kappa shape index (κ3) is 3.90. The van der Waals surface area contributed by atoms with Crippen molar-refractivity contribution in [1.82, 2.24) is 4.90 Å². The van der Waals surface area contributed by atoms with Crippen molar-refractivity contribution in [3.05, 3.63) is 76.2 Å². The number of hydrogen-bond acceptors (Lipinski definition) is 6. The Balaban J connectivity index is 1.72. The smallest absolute Gasteiger partial charge is 0.341 e. The topological polar surface area (TPSA) is 92.8 Å². The lowest BCUT2D eigenvalue weighted by Crippen LogP contribution is -2.50. The molecular weight excluding hydrogens is 452 g/mol. The van der Waals surface area contributed by atoms with E-state index in [0.717, 1.165) is 15.3 Å². The van der Waals surface area contributed by atoms with E-state index < -0.39 is 29.7 Å². The maximum Gasteiger partial charge on any atom is 0.341 e. The molecule has 1 atom stereocenters. The Labute approximate surface area is 201 Å². The second kappa shape index (κ2) is 9.23. The Bertz CT molecular complexity index is 1260. The Morgan fingerprint density at radius 3 is 2.03 bits per heavy atom. The number of methoxy groups -OCH3 is 1. The molecule has 0 saturated heterocycles. The van der Waals surface area contributed by atoms with Crippen LogP contribution in [-0.4, -0.2) is 41.7 Å². The van der Waals surface area contributed by atoms with Gasteiger partial charge in [-0.1, -0.05) is 56.3 Å². The standard InChI is InChI=1S/C26H24N2O5S/c1-14(2)21(28-24(30)17-12-8-9-13-18(17)25(28)31)22(29)27-23-20(26(32)33-4)19(15(3)34-23)16-10-6-5-7-11-16/h5-14,21H,1-4H3,(H,27,29). The SMILES string of the molecule is COC(=O)c1c(NC(=O)C(C(C)C)N2C(=O)c3ccccc3C2=O)sc(C)c1-c1ccccc1. The lowest BCUT2D eigenvalue weighted by molar-refractivity contribution is -0.121. The second-order valence-electron chi connectivity index (χ2n) is 8.30. The number of benzene rings is 2. The largest absolute Gasteiger partial charge is 0.465 e. The molecule has 3 aromatic rings. The van der Waals surface area contributed by atoms with Crippen molar-refractivity contribution in [1.29, 1.82) is 0 Å². The fraction of sp³-hybridized carbons (Fsp3) is 0.231. The average molecular weight is 477 g/mol. The zero-order chi connectivity index (χ0) is 24.6. The van der Waals surface area contributed by atoms with Crippen LogP contribution in [0.1, 0.15) is 49.8 Å². The number of nitrogens with one attached hydrogen (secondary N) is 1. The first kappa shape index (κ1) is 23.4. The Morgan fingerprint density at radius 2 is 1.50 bits per heavy atom. The maximum absolute atomic E-state index is 13.5. The van der Waals surface area contributed by atoms with Gasteiger partial charge in [0.05, 0.1) is 18.2 Å². The third-order valence-electron chi connectivity index (χ3n) is 5.78. The Morgan fingerprint density at radius 1 is 0.941 bits per heavy atom. The lowest BCUT2D eigenvalue weighted by Gasteiger charge is -2.28. The molecule has 7 nitrogen and oxygen atoms in total. The van der Waals surface area contributed by atoms with Gasteiger partial charge in [0, 0.05) is 10.4 Å². The van der Waals surface area contributed by atoms with Gasteiger partial charge in [0.2, 0.25) is 5.91 Å². The molecule has 0 aliphatic carbocycles. The summed E-state index contributed by atoms with van der Waals surface area (Å²) >= 11 is 1.25. The molecule has 4 rings (SSSR count). The summed E-state index contributed by atoms with van der Waals surface area (Å²) < 4.78 is 5.02. The molecule has 34 heavy (non-hydrogen) atoms. The molecule has 0 saturated carbocycles. The number of esters is 1. The summed E-state index contributed by atoms with van der Waals surface area (Å²) in [6.45, 7) is 5.40. The highest BCUT2D eigenvalue weighted by Gasteiger charge is 2.44. The molecule has 174 valence electrons. The van der Waals surface area contributed by atoms with Gasteiger partial charge in [-0.25, -0.2) is 4.79 Å². The molecule has 1 aliphatic rings. The molecule has 2 aromatic carbocycles. The summed E-state index contributed by atoms with van der Waals surface area (Å²) in [5, 5.41) is 3.13. The van der Waals surface area contributed by atoms with E-state index in [1.807, 2.05) is 37.3 Å². The fourth-order valence-electron chi connectivity index (χ4n) is 4.25. The van der Waals surface area contributed by atoms with Gasteiger partial charge in [-0.15, -0.1) is 11.3 Å². The maximum atomic E-state index is 13.5. The van der Waals surface area contributed by atoms with Crippen LogP contribution >= 0.6 is 11.3 Å². The van der Waals surface area contributed by atoms with Gasteiger partial charge in [-0.05, 0) is 30.5 Å². The molecular formula is C26H24N2O5S. The molecule has 1 aliphatic heterocycles. The summed E-state index contributed by atoms with van der Waals surface area (Å²) in [5.74, 6) is -2.50. The van der Waals surface area contributed by atoms with E-state index in [1.165, 1.54) is 18.4 Å². The summed E-state index contributed by atoms with van der Waals surface area (Å²) in [7, 11) is 1.28. The highest BCUT2D eigenvalue weighted by atomic mass is 32.1. The van der Waals surface area contributed by atoms with E-state index in [1.54, 1.807) is 38.1 Å². The van der Waals surface area contributed by atoms with Gasteiger partial charge in [0.15, 0.2) is 0 Å². The molecule has 0 radical (unpaired) electrons. The zero-order valence-corrected chi connectivity index (χ0v) is 20.1. The molecule has 8 heteroatoms. The predicted molar refractivity (Wildman–Crippen MR) is 130 cm³/mol. The number of thiophene rings is 1. The molecule has 3 amide bonds. The van der Waals surface area contributed by atoms with E-state index in [2.05, 4.69) is 5.32 Å². The number of carbonyl (C=O) groups is 4. The van der Waals surface area contributed by atoms with Crippen molar-refractivity contribution < 1.29 is 23.9 Å². The number of hydrogen-bond donors (Lipinski definition) is 1. The minimum absolute atomic E-state index is 0.245. The highest BCUT2D eigenvalue weighted by Crippen LogP contribution is 2.40. The molecule has 0 fully saturated rings. The highest BCUT2D eigenvalue weighted by molar-refractivity contribution is 7.17. The van der Waals surface area contributed by atoms with Crippen LogP contribution < -0.4 is 5.32 Å². The summed E-state index contributed by atoms with van der Waals surface area (Å²) in [6.07, 6.45) is 0. The Hall–Kier alpha value is -3.78. The quantitative estimate of drug-likeness (QED) is 0.409. The first-order chi connectivity index (χ1) is 16.3. The number of ether oxygens (including phenoxy) is 1. The average Bonchev–Trinajstić information content (AvgIpc) is 3.28. The molecule has 2 heterocycles. The normalized spacial score (nSPS) is 13.7. The number of carbonyl (C=O) groups excluding carboxylic acids is 4. The van der Waals surface area contributed by atoms with Crippen molar-refractivity contribution in [2.24, 2.45) is 5.92 Å². The van der Waals surface area contributed by atoms with Crippen molar-refractivity contribution in [2.45, 2.75) is 26.8 Å². The second-order valence-corrected chi connectivity index (χ2v) is 9.52. The van der Waals surface area contributed by atoms with Crippen LogP contribution in [-0.2, 0) is 9.53 Å². The number of fused-ring (bicyclic) bond motifs is 1. The van der Waals surface area contributed by atoms with E-state index in [9.17, 15) is 19.2 Å². The summed E-state index contributed by atoms with van der Waals surface area (Å²) in [6, 6.07) is 14.8. The Kier molecular flexibility index (Phi) is 6.34. The number of anilines is 1. The van der Waals surface area contributed by atoms with Gasteiger partial charge in [-0.3, -0.25) is 19.3 Å². The van der Waals surface area contributed by atoms with Crippen LogP contribution in [0.4, 0.5) is 5.00 Å². The van der Waals surface area contributed by atoms with Crippen LogP contribution in [0, 0.1) is 12.8 Å². The van der Waals surface area contributed by atoms with E-state index >= 15 is 0 Å². The van der Waals surface area contributed by atoms with Gasteiger partial charge in [0.1, 0.15) is 16.6 Å². The minimum atomic E-state index is -1.06. The van der Waals surface area contributed by atoms with Crippen LogP contribution in [0.15, 0.2) is 54.6 Å². The molecule has 0 bridgehead atoms. The fourth-order valence-corrected chi connectivity index (χ4v) is 5.31.